The van der Waals surface area contributed by atoms with Gasteiger partial charge in [-0.05, 0) is 86.1 Å². The maximum absolute atomic E-state index is 13.9. The van der Waals surface area contributed by atoms with Crippen LogP contribution in [0.3, 0.4) is 0 Å². The van der Waals surface area contributed by atoms with E-state index in [0.717, 1.165) is 50.1 Å². The molecule has 262 valence electrons. The summed E-state index contributed by atoms with van der Waals surface area (Å²) >= 11 is 1.35. The predicted octanol–water partition coefficient (Wildman–Crippen LogP) is 5.94. The van der Waals surface area contributed by atoms with Crippen LogP contribution in [0.15, 0.2) is 65.1 Å². The summed E-state index contributed by atoms with van der Waals surface area (Å²) in [7, 11) is 7.91. The number of carbonyl (C=O) groups excluding carboxylic acids is 4. The summed E-state index contributed by atoms with van der Waals surface area (Å²) in [5.41, 5.74) is 1.40. The molecule has 0 aliphatic heterocycles. The summed E-state index contributed by atoms with van der Waals surface area (Å²) < 4.78 is 5.55. The van der Waals surface area contributed by atoms with Crippen molar-refractivity contribution in [2.45, 2.75) is 56.4 Å². The molecule has 1 aromatic heterocycles. The van der Waals surface area contributed by atoms with Crippen LogP contribution in [0, 0.1) is 28.6 Å². The van der Waals surface area contributed by atoms with Crippen LogP contribution in [0.4, 0.5) is 11.4 Å². The number of ketones is 3. The lowest BCUT2D eigenvalue weighted by Gasteiger charge is -2.56. The van der Waals surface area contributed by atoms with E-state index in [0.29, 0.717) is 12.8 Å². The predicted molar refractivity (Wildman–Crippen MR) is 197 cm³/mol. The molecular weight excluding hydrogens is 651 g/mol. The van der Waals surface area contributed by atoms with Gasteiger partial charge in [0.05, 0.1) is 16.8 Å². The van der Waals surface area contributed by atoms with Crippen molar-refractivity contribution in [3.63, 3.8) is 0 Å². The van der Waals surface area contributed by atoms with Crippen LogP contribution >= 0.6 is 11.8 Å². The molecule has 0 amide bonds. The zero-order valence-corrected chi connectivity index (χ0v) is 30.4. The van der Waals surface area contributed by atoms with Crippen LogP contribution < -0.4 is 9.80 Å². The van der Waals surface area contributed by atoms with Gasteiger partial charge in [-0.2, -0.15) is 0 Å². The number of benzene rings is 2. The van der Waals surface area contributed by atoms with Gasteiger partial charge in [-0.1, -0.05) is 25.5 Å². The van der Waals surface area contributed by atoms with E-state index < -0.39 is 34.8 Å². The number of thioether (sulfide) groups is 1. The number of aromatic nitrogens is 1. The molecule has 0 bridgehead atoms. The second kappa shape index (κ2) is 12.3. The number of allylic oxidation sites excluding steroid dienone is 4. The zero-order chi connectivity index (χ0) is 35.7. The van der Waals surface area contributed by atoms with Gasteiger partial charge in [0, 0.05) is 78.4 Å². The van der Waals surface area contributed by atoms with E-state index in [1.54, 1.807) is 12.2 Å². The third-order valence-corrected chi connectivity index (χ3v) is 13.4. The highest BCUT2D eigenvalue weighted by Crippen LogP contribution is 2.66. The van der Waals surface area contributed by atoms with E-state index in [4.69, 9.17) is 9.72 Å². The van der Waals surface area contributed by atoms with Crippen LogP contribution in [0.5, 0.6) is 0 Å². The Morgan fingerprint density at radius 1 is 0.980 bits per heavy atom. The molecule has 0 spiro atoms. The van der Waals surface area contributed by atoms with Gasteiger partial charge < -0.3 is 19.6 Å². The number of rotatable bonds is 8. The van der Waals surface area contributed by atoms with E-state index in [-0.39, 0.29) is 47.9 Å². The third kappa shape index (κ3) is 5.37. The van der Waals surface area contributed by atoms with Gasteiger partial charge in [0.25, 0.3) is 0 Å². The lowest BCUT2D eigenvalue weighted by molar-refractivity contribution is -0.172. The molecule has 0 unspecified atom stereocenters. The number of ether oxygens (including phenoxy) is 1. The van der Waals surface area contributed by atoms with Gasteiger partial charge in [0.1, 0.15) is 11.4 Å². The van der Waals surface area contributed by atoms with Crippen LogP contribution in [-0.2, 0) is 23.9 Å². The lowest BCUT2D eigenvalue weighted by Crippen LogP contribution is -2.60. The van der Waals surface area contributed by atoms with E-state index >= 15 is 0 Å². The van der Waals surface area contributed by atoms with Crippen molar-refractivity contribution in [1.29, 1.82) is 0 Å². The minimum absolute atomic E-state index is 0.00496. The molecule has 1 N–H and O–H groups in total. The molecule has 9 nitrogen and oxygen atoms in total. The molecule has 3 aromatic rings. The largest absolute Gasteiger partial charge is 0.457 e. The fourth-order valence-corrected chi connectivity index (χ4v) is 10.5. The fraction of sp³-hybridized carbons (Fsp3) is 0.475. The van der Waals surface area contributed by atoms with Crippen molar-refractivity contribution in [2.24, 2.45) is 28.6 Å². The van der Waals surface area contributed by atoms with Gasteiger partial charge in [0.15, 0.2) is 12.4 Å². The summed E-state index contributed by atoms with van der Waals surface area (Å²) in [6.45, 7) is 3.36. The summed E-state index contributed by atoms with van der Waals surface area (Å²) in [5.74, 6) is -1.49. The molecule has 50 heavy (non-hydrogen) atoms. The number of anilines is 2. The molecule has 4 aliphatic carbocycles. The smallest absolute Gasteiger partial charge is 0.316 e. The Kier molecular flexibility index (Phi) is 8.49. The number of hydrogen-bond acceptors (Lipinski definition) is 10. The Morgan fingerprint density at radius 3 is 2.24 bits per heavy atom. The Bertz CT molecular complexity index is 1950. The number of carbonyl (C=O) groups is 4. The quantitative estimate of drug-likeness (QED) is 0.172. The first kappa shape index (κ1) is 34.4. The molecule has 1 heterocycles. The Labute approximate surface area is 297 Å². The van der Waals surface area contributed by atoms with Crippen molar-refractivity contribution >= 4 is 68.3 Å². The number of hydrogen-bond donors (Lipinski definition) is 1. The molecule has 7 rings (SSSR count). The zero-order valence-electron chi connectivity index (χ0n) is 29.6. The number of esters is 1. The van der Waals surface area contributed by atoms with E-state index in [1.165, 1.54) is 11.8 Å². The van der Waals surface area contributed by atoms with E-state index in [9.17, 15) is 24.3 Å². The molecular formula is C40H45N3O6S. The van der Waals surface area contributed by atoms with Crippen LogP contribution in [0.2, 0.25) is 0 Å². The Balaban J connectivity index is 1.07. The van der Waals surface area contributed by atoms with Gasteiger partial charge in [-0.15, -0.1) is 11.8 Å². The molecule has 0 saturated heterocycles. The third-order valence-electron chi connectivity index (χ3n) is 12.3. The van der Waals surface area contributed by atoms with E-state index in [2.05, 4.69) is 0 Å². The number of nitrogens with zero attached hydrogens (tertiary/aromatic N) is 3. The second-order valence-electron chi connectivity index (χ2n) is 15.4. The maximum Gasteiger partial charge on any atom is 0.316 e. The van der Waals surface area contributed by atoms with Crippen molar-refractivity contribution in [1.82, 2.24) is 4.98 Å². The lowest BCUT2D eigenvalue weighted by atomic mass is 9.46. The van der Waals surface area contributed by atoms with Crippen LogP contribution in [-0.4, -0.2) is 79.6 Å². The number of Topliss-reactive ketones (excluding diaryl/α,β-unsaturated/α-hetero) is 2. The van der Waals surface area contributed by atoms with Gasteiger partial charge in [-0.3, -0.25) is 19.2 Å². The highest BCUT2D eigenvalue weighted by atomic mass is 32.2. The Morgan fingerprint density at radius 2 is 1.62 bits per heavy atom. The monoisotopic (exact) mass is 695 g/mol. The number of fused-ring (bicyclic) bond motifs is 7. The molecule has 10 heteroatoms. The first-order valence-electron chi connectivity index (χ1n) is 17.4. The molecule has 3 saturated carbocycles. The topological polar surface area (TPSA) is 117 Å². The first-order chi connectivity index (χ1) is 23.7. The Hall–Kier alpha value is -4.02. The second-order valence-corrected chi connectivity index (χ2v) is 16.4. The first-order valence-corrected chi connectivity index (χ1v) is 18.4. The summed E-state index contributed by atoms with van der Waals surface area (Å²) in [6, 6.07) is 12.1. The van der Waals surface area contributed by atoms with Crippen molar-refractivity contribution in [3.8, 4) is 0 Å². The molecule has 4 aliphatic rings. The highest BCUT2D eigenvalue weighted by molar-refractivity contribution is 8.00. The van der Waals surface area contributed by atoms with Gasteiger partial charge >= 0.3 is 5.97 Å². The van der Waals surface area contributed by atoms with Crippen molar-refractivity contribution in [2.75, 3.05) is 50.4 Å². The van der Waals surface area contributed by atoms with E-state index in [1.807, 2.05) is 94.3 Å². The van der Waals surface area contributed by atoms with Crippen molar-refractivity contribution in [3.05, 3.63) is 60.2 Å². The average molecular weight is 696 g/mol. The maximum atomic E-state index is 13.9. The van der Waals surface area contributed by atoms with Crippen LogP contribution in [0.25, 0.3) is 21.8 Å². The van der Waals surface area contributed by atoms with Gasteiger partial charge in [-0.25, -0.2) is 4.98 Å². The van der Waals surface area contributed by atoms with Gasteiger partial charge in [0.2, 0.25) is 5.78 Å². The number of aliphatic hydroxyl groups is 1. The summed E-state index contributed by atoms with van der Waals surface area (Å²) in [5, 5.41) is 13.9. The SMILES string of the molecule is CN(C)c1ccc2c(SCC(=O)OCC(=O)[C@]3(O)CC[C@H]4[C@@H]5CCC6=CC(=O)C=C[C@]6(C)[C@H]5C(=O)C[C@@]43C)c3ccc(N(C)C)cc3nc2c1. The summed E-state index contributed by atoms with van der Waals surface area (Å²) in [6.07, 6.45) is 7.50. The fourth-order valence-electron chi connectivity index (χ4n) is 9.53. The minimum Gasteiger partial charge on any atom is -0.457 e. The summed E-state index contributed by atoms with van der Waals surface area (Å²) in [4.78, 5) is 63.0. The highest BCUT2D eigenvalue weighted by Gasteiger charge is 2.68. The van der Waals surface area contributed by atoms with Crippen LogP contribution in [0.1, 0.15) is 46.0 Å². The molecule has 0 radical (unpaired) electrons. The molecule has 3 fully saturated rings. The average Bonchev–Trinajstić information content (AvgIpc) is 3.35. The normalized spacial score (nSPS) is 30.1. The standard InChI is InChI=1S/C40H45N3O6S/c1-38-15-13-26(44)17-23(38)7-10-27-30-14-16-40(48,39(30,2)20-33(45)36(27)38)34(46)21-49-35(47)22-50-37-28-11-8-24(42(3)4)18-31(28)41-32-19-25(43(5)6)9-12-29(32)37/h8-9,11-13,15,17-19,27,30,36,48H,7,10,14,16,20-22H2,1-6H3/t27-,30-,36+,38-,39-,40+/m0/s1. The molecule has 2 aromatic carbocycles. The van der Waals surface area contributed by atoms with Crippen molar-refractivity contribution < 1.29 is 29.0 Å². The minimum atomic E-state index is -1.77. The number of pyridine rings is 1. The molecule has 6 atom stereocenters.